The van der Waals surface area contributed by atoms with Gasteiger partial charge in [-0.3, -0.25) is 9.59 Å². The zero-order valence-electron chi connectivity index (χ0n) is 14.0. The third kappa shape index (κ3) is 4.89. The number of anilines is 2. The topological polar surface area (TPSA) is 128 Å². The van der Waals surface area contributed by atoms with Crippen LogP contribution in [0.15, 0.2) is 17.9 Å². The average molecular weight is 392 g/mol. The van der Waals surface area contributed by atoms with E-state index in [1.54, 1.807) is 11.6 Å². The molecule has 26 heavy (non-hydrogen) atoms. The number of aromatic nitrogens is 6. The number of carbonyl (C=O) groups is 2. The van der Waals surface area contributed by atoms with Crippen LogP contribution < -0.4 is 10.6 Å². The summed E-state index contributed by atoms with van der Waals surface area (Å²) in [5, 5.41) is 18.7. The van der Waals surface area contributed by atoms with Crippen LogP contribution in [0.1, 0.15) is 30.3 Å². The molecule has 3 aromatic rings. The maximum Gasteiger partial charge on any atom is 0.248 e. The number of hydrogen-bond acceptors (Lipinski definition) is 9. The first-order chi connectivity index (χ1) is 12.5. The molecule has 10 nitrogen and oxygen atoms in total. The predicted molar refractivity (Wildman–Crippen MR) is 97.1 cm³/mol. The van der Waals surface area contributed by atoms with E-state index in [9.17, 15) is 9.59 Å². The number of amides is 2. The van der Waals surface area contributed by atoms with Crippen LogP contribution in [-0.4, -0.2) is 42.0 Å². The Morgan fingerprint density at radius 1 is 1.23 bits per heavy atom. The van der Waals surface area contributed by atoms with E-state index in [0.717, 1.165) is 4.88 Å². The monoisotopic (exact) mass is 392 g/mol. The second-order valence-electron chi connectivity index (χ2n) is 5.65. The highest BCUT2D eigenvalue weighted by Crippen LogP contribution is 2.25. The summed E-state index contributed by atoms with van der Waals surface area (Å²) in [6.07, 6.45) is 3.22. The molecule has 0 radical (unpaired) electrons. The van der Waals surface area contributed by atoms with E-state index in [-0.39, 0.29) is 24.8 Å². The van der Waals surface area contributed by atoms with Gasteiger partial charge in [-0.05, 0) is 16.3 Å². The molecule has 0 aliphatic heterocycles. The van der Waals surface area contributed by atoms with Gasteiger partial charge in [0, 0.05) is 16.5 Å². The quantitative estimate of drug-likeness (QED) is 0.624. The Morgan fingerprint density at radius 2 is 2.04 bits per heavy atom. The van der Waals surface area contributed by atoms with Crippen LogP contribution in [-0.2, 0) is 22.6 Å². The van der Waals surface area contributed by atoms with Crippen molar-refractivity contribution in [3.63, 3.8) is 0 Å². The average Bonchev–Trinajstić information content (AvgIpc) is 3.30. The van der Waals surface area contributed by atoms with Crippen molar-refractivity contribution >= 4 is 44.8 Å². The number of hydrogen-bond donors (Lipinski definition) is 2. The Kier molecular flexibility index (Phi) is 5.63. The van der Waals surface area contributed by atoms with E-state index in [2.05, 4.69) is 50.0 Å². The fraction of sp³-hybridized carbons (Fsp3) is 0.357. The zero-order valence-corrected chi connectivity index (χ0v) is 15.7. The molecule has 0 aromatic carbocycles. The number of rotatable bonds is 7. The van der Waals surface area contributed by atoms with E-state index in [4.69, 9.17) is 0 Å². The minimum atomic E-state index is -0.299. The summed E-state index contributed by atoms with van der Waals surface area (Å²) in [6, 6.07) is 0. The molecule has 2 amide bonds. The molecule has 0 aliphatic carbocycles. The number of thiazole rings is 2. The van der Waals surface area contributed by atoms with E-state index in [1.165, 1.54) is 33.7 Å². The molecule has 0 aliphatic rings. The lowest BCUT2D eigenvalue weighted by Gasteiger charge is -2.01. The molecule has 0 unspecified atom stereocenters. The van der Waals surface area contributed by atoms with Crippen molar-refractivity contribution in [1.82, 2.24) is 30.2 Å². The SMILES string of the molecule is CC(C)c1cnc(NC(=O)Cc2csc(NC(=O)Cn3cnnn3)n2)s1. The molecular formula is C14H16N8O2S2. The molecular weight excluding hydrogens is 376 g/mol. The van der Waals surface area contributed by atoms with Crippen molar-refractivity contribution in [3.05, 3.63) is 28.5 Å². The Hall–Kier alpha value is -2.73. The molecule has 136 valence electrons. The van der Waals surface area contributed by atoms with Gasteiger partial charge in [0.2, 0.25) is 11.8 Å². The van der Waals surface area contributed by atoms with Crippen molar-refractivity contribution in [2.24, 2.45) is 0 Å². The van der Waals surface area contributed by atoms with Crippen LogP contribution in [0.4, 0.5) is 10.3 Å². The summed E-state index contributed by atoms with van der Waals surface area (Å²) < 4.78 is 1.30. The van der Waals surface area contributed by atoms with Crippen LogP contribution >= 0.6 is 22.7 Å². The summed E-state index contributed by atoms with van der Waals surface area (Å²) >= 11 is 2.71. The summed E-state index contributed by atoms with van der Waals surface area (Å²) in [4.78, 5) is 33.5. The normalized spacial score (nSPS) is 10.9. The van der Waals surface area contributed by atoms with Crippen LogP contribution in [0.3, 0.4) is 0 Å². The van der Waals surface area contributed by atoms with Crippen LogP contribution in [0.25, 0.3) is 0 Å². The highest BCUT2D eigenvalue weighted by atomic mass is 32.1. The molecule has 0 bridgehead atoms. The van der Waals surface area contributed by atoms with E-state index >= 15 is 0 Å². The lowest BCUT2D eigenvalue weighted by molar-refractivity contribution is -0.117. The molecule has 12 heteroatoms. The standard InChI is InChI=1S/C14H16N8O2S2/c1-8(2)10-4-15-13(26-10)18-11(23)3-9-6-25-14(17-9)19-12(24)5-22-7-16-20-21-22/h4,6-8H,3,5H2,1-2H3,(H,15,18,23)(H,17,19,24). The number of nitrogens with one attached hydrogen (secondary N) is 2. The van der Waals surface area contributed by atoms with Gasteiger partial charge in [-0.25, -0.2) is 14.6 Å². The predicted octanol–water partition coefficient (Wildman–Crippen LogP) is 1.53. The fourth-order valence-corrected chi connectivity index (χ4v) is 3.50. The lowest BCUT2D eigenvalue weighted by Crippen LogP contribution is -2.19. The molecule has 3 aromatic heterocycles. The van der Waals surface area contributed by atoms with Gasteiger partial charge >= 0.3 is 0 Å². The van der Waals surface area contributed by atoms with Crippen LogP contribution in [0, 0.1) is 0 Å². The molecule has 0 saturated heterocycles. The Balaban J connectivity index is 1.50. The van der Waals surface area contributed by atoms with Crippen molar-refractivity contribution in [3.8, 4) is 0 Å². The van der Waals surface area contributed by atoms with Crippen molar-refractivity contribution in [2.75, 3.05) is 10.6 Å². The fourth-order valence-electron chi connectivity index (χ4n) is 1.94. The second kappa shape index (κ2) is 8.10. The molecule has 0 spiro atoms. The summed E-state index contributed by atoms with van der Waals surface area (Å²) in [6.45, 7) is 4.14. The first-order valence-corrected chi connectivity index (χ1v) is 9.40. The first-order valence-electron chi connectivity index (χ1n) is 7.70. The Bertz CT molecular complexity index is 887. The summed E-state index contributed by atoms with van der Waals surface area (Å²) in [7, 11) is 0. The molecule has 0 atom stereocenters. The van der Waals surface area contributed by atoms with Gasteiger partial charge in [0.1, 0.15) is 12.9 Å². The van der Waals surface area contributed by atoms with E-state index in [0.29, 0.717) is 21.9 Å². The maximum absolute atomic E-state index is 12.1. The van der Waals surface area contributed by atoms with Gasteiger partial charge in [-0.1, -0.05) is 13.8 Å². The third-order valence-electron chi connectivity index (χ3n) is 3.18. The Labute approximate surface area is 156 Å². The maximum atomic E-state index is 12.1. The highest BCUT2D eigenvalue weighted by Gasteiger charge is 2.13. The molecule has 0 saturated carbocycles. The molecule has 0 fully saturated rings. The van der Waals surface area contributed by atoms with E-state index < -0.39 is 0 Å². The first kappa shape index (κ1) is 18.1. The second-order valence-corrected chi connectivity index (χ2v) is 7.57. The number of carbonyl (C=O) groups excluding carboxylic acids is 2. The van der Waals surface area contributed by atoms with Gasteiger partial charge in [0.15, 0.2) is 10.3 Å². The molecule has 3 rings (SSSR count). The smallest absolute Gasteiger partial charge is 0.248 e. The molecule has 2 N–H and O–H groups in total. The minimum Gasteiger partial charge on any atom is -0.302 e. The van der Waals surface area contributed by atoms with Crippen molar-refractivity contribution in [1.29, 1.82) is 0 Å². The summed E-state index contributed by atoms with van der Waals surface area (Å²) in [5.41, 5.74) is 0.575. The van der Waals surface area contributed by atoms with Gasteiger partial charge in [-0.15, -0.1) is 27.8 Å². The summed E-state index contributed by atoms with van der Waals surface area (Å²) in [5.74, 6) is -0.130. The zero-order chi connectivity index (χ0) is 18.5. The third-order valence-corrected chi connectivity index (χ3v) is 5.20. The van der Waals surface area contributed by atoms with Gasteiger partial charge in [-0.2, -0.15) is 0 Å². The van der Waals surface area contributed by atoms with Gasteiger partial charge in [0.05, 0.1) is 12.1 Å². The van der Waals surface area contributed by atoms with Gasteiger partial charge < -0.3 is 10.6 Å². The van der Waals surface area contributed by atoms with Gasteiger partial charge in [0.25, 0.3) is 0 Å². The van der Waals surface area contributed by atoms with Crippen molar-refractivity contribution in [2.45, 2.75) is 32.7 Å². The Morgan fingerprint density at radius 3 is 2.73 bits per heavy atom. The van der Waals surface area contributed by atoms with E-state index in [1.807, 2.05) is 0 Å². The number of nitrogens with zero attached hydrogens (tertiary/aromatic N) is 6. The highest BCUT2D eigenvalue weighted by molar-refractivity contribution is 7.15. The largest absolute Gasteiger partial charge is 0.302 e. The van der Waals surface area contributed by atoms with Crippen LogP contribution in [0.5, 0.6) is 0 Å². The van der Waals surface area contributed by atoms with Crippen LogP contribution in [0.2, 0.25) is 0 Å². The minimum absolute atomic E-state index is 0.00929. The lowest BCUT2D eigenvalue weighted by atomic mass is 10.2. The van der Waals surface area contributed by atoms with Crippen molar-refractivity contribution < 1.29 is 9.59 Å². The molecule has 3 heterocycles. The number of tetrazole rings is 1.